The van der Waals surface area contributed by atoms with Crippen molar-refractivity contribution in [2.45, 2.75) is 52.4 Å². The molecule has 0 unspecified atom stereocenters. The van der Waals surface area contributed by atoms with Gasteiger partial charge in [0.05, 0.1) is 23.3 Å². The molecular weight excluding hydrogens is 277 g/mol. The number of rotatable bonds is 4. The van der Waals surface area contributed by atoms with Crippen molar-refractivity contribution in [1.29, 1.82) is 0 Å². The fourth-order valence-corrected chi connectivity index (χ4v) is 2.13. The van der Waals surface area contributed by atoms with Gasteiger partial charge in [0.15, 0.2) is 0 Å². The summed E-state index contributed by atoms with van der Waals surface area (Å²) in [5.41, 5.74) is -1.01. The van der Waals surface area contributed by atoms with Crippen LogP contribution in [0.3, 0.4) is 0 Å². The Bertz CT molecular complexity index is 493. The van der Waals surface area contributed by atoms with Gasteiger partial charge in [-0.05, 0) is 52.3 Å². The zero-order chi connectivity index (χ0) is 15.8. The van der Waals surface area contributed by atoms with Gasteiger partial charge in [0.2, 0.25) is 0 Å². The maximum absolute atomic E-state index is 14.2. The first-order valence-corrected chi connectivity index (χ1v) is 7.09. The highest BCUT2D eigenvalue weighted by Crippen LogP contribution is 2.36. The number of hydrogen-bond donors (Lipinski definition) is 0. The van der Waals surface area contributed by atoms with E-state index in [1.165, 1.54) is 12.1 Å². The van der Waals surface area contributed by atoms with Crippen molar-refractivity contribution in [2.75, 3.05) is 6.61 Å². The van der Waals surface area contributed by atoms with Gasteiger partial charge < -0.3 is 14.0 Å². The monoisotopic (exact) mass is 298 g/mol. The van der Waals surface area contributed by atoms with Crippen LogP contribution in [-0.2, 0) is 20.7 Å². The largest absolute Gasteiger partial charge is 0.500 e. The van der Waals surface area contributed by atoms with E-state index in [9.17, 15) is 8.78 Å². The van der Waals surface area contributed by atoms with Crippen molar-refractivity contribution in [3.8, 4) is 0 Å². The summed E-state index contributed by atoms with van der Waals surface area (Å²) in [6.45, 7) is 9.85. The Morgan fingerprint density at radius 1 is 1.05 bits per heavy atom. The zero-order valence-corrected chi connectivity index (χ0v) is 13.1. The highest BCUT2D eigenvalue weighted by molar-refractivity contribution is 6.62. The third kappa shape index (κ3) is 3.12. The molecule has 1 aliphatic heterocycles. The molecule has 0 N–H and O–H groups in total. The minimum atomic E-state index is -1.05. The molecule has 1 heterocycles. The van der Waals surface area contributed by atoms with Gasteiger partial charge in [-0.3, -0.25) is 0 Å². The van der Waals surface area contributed by atoms with Crippen LogP contribution in [0.15, 0.2) is 12.1 Å². The van der Waals surface area contributed by atoms with E-state index in [0.717, 1.165) is 0 Å². The van der Waals surface area contributed by atoms with Crippen LogP contribution in [-0.4, -0.2) is 24.9 Å². The van der Waals surface area contributed by atoms with Crippen molar-refractivity contribution in [2.24, 2.45) is 0 Å². The van der Waals surface area contributed by atoms with E-state index in [4.69, 9.17) is 14.0 Å². The number of benzene rings is 1. The molecule has 116 valence electrons. The minimum Gasteiger partial charge on any atom is -0.399 e. The van der Waals surface area contributed by atoms with Gasteiger partial charge in [0.25, 0.3) is 0 Å². The van der Waals surface area contributed by atoms with Gasteiger partial charge in [0, 0.05) is 6.61 Å². The second-order valence-electron chi connectivity index (χ2n) is 6.20. The van der Waals surface area contributed by atoms with Crippen LogP contribution in [0.2, 0.25) is 0 Å². The standard InChI is InChI=1S/C15H21BF2O3/c1-6-19-9-10-7-11(17)13(12(18)8-10)16-20-14(2,3)15(4,5)21-16/h7-8H,6,9H2,1-5H3. The quantitative estimate of drug-likeness (QED) is 0.800. The molecule has 0 atom stereocenters. The van der Waals surface area contributed by atoms with E-state index in [-0.39, 0.29) is 12.1 Å². The summed E-state index contributed by atoms with van der Waals surface area (Å²) in [6, 6.07) is 2.53. The van der Waals surface area contributed by atoms with Crippen LogP contribution < -0.4 is 5.46 Å². The van der Waals surface area contributed by atoms with Crippen LogP contribution in [0, 0.1) is 11.6 Å². The summed E-state index contributed by atoms with van der Waals surface area (Å²) in [4.78, 5) is 0. The van der Waals surface area contributed by atoms with Gasteiger partial charge in [-0.2, -0.15) is 0 Å². The van der Waals surface area contributed by atoms with Gasteiger partial charge in [-0.15, -0.1) is 0 Å². The molecule has 1 aromatic carbocycles. The molecule has 0 bridgehead atoms. The number of hydrogen-bond acceptors (Lipinski definition) is 3. The summed E-state index contributed by atoms with van der Waals surface area (Å²) >= 11 is 0. The smallest absolute Gasteiger partial charge is 0.399 e. The topological polar surface area (TPSA) is 27.7 Å². The van der Waals surface area contributed by atoms with Gasteiger partial charge in [-0.1, -0.05) is 0 Å². The van der Waals surface area contributed by atoms with E-state index in [2.05, 4.69) is 0 Å². The van der Waals surface area contributed by atoms with Crippen LogP contribution in [0.1, 0.15) is 40.2 Å². The van der Waals surface area contributed by atoms with Crippen LogP contribution in [0.5, 0.6) is 0 Å². The van der Waals surface area contributed by atoms with Crippen molar-refractivity contribution < 1.29 is 22.8 Å². The maximum atomic E-state index is 14.2. The Balaban J connectivity index is 2.30. The molecule has 3 nitrogen and oxygen atoms in total. The average Bonchev–Trinajstić information content (AvgIpc) is 2.54. The van der Waals surface area contributed by atoms with E-state index >= 15 is 0 Å². The second kappa shape index (κ2) is 5.67. The molecule has 0 aliphatic carbocycles. The lowest BCUT2D eigenvalue weighted by Crippen LogP contribution is -2.41. The normalized spacial score (nSPS) is 20.0. The lowest BCUT2D eigenvalue weighted by atomic mass is 9.77. The fraction of sp³-hybridized carbons (Fsp3) is 0.600. The SMILES string of the molecule is CCOCc1cc(F)c(B2OC(C)(C)C(C)(C)O2)c(F)c1. The molecule has 1 aromatic rings. The minimum absolute atomic E-state index is 0.175. The predicted octanol–water partition coefficient (Wildman–Crippen LogP) is 2.80. The highest BCUT2D eigenvalue weighted by Gasteiger charge is 2.53. The fourth-order valence-electron chi connectivity index (χ4n) is 2.13. The molecule has 0 radical (unpaired) electrons. The Labute approximate surface area is 124 Å². The first kappa shape index (κ1) is 16.4. The Hall–Kier alpha value is -0.975. The second-order valence-corrected chi connectivity index (χ2v) is 6.20. The van der Waals surface area contributed by atoms with Crippen LogP contribution in [0.4, 0.5) is 8.78 Å². The van der Waals surface area contributed by atoms with E-state index < -0.39 is 30.0 Å². The lowest BCUT2D eigenvalue weighted by molar-refractivity contribution is 0.00578. The van der Waals surface area contributed by atoms with E-state index in [1.54, 1.807) is 0 Å². The molecule has 21 heavy (non-hydrogen) atoms. The first-order valence-electron chi connectivity index (χ1n) is 7.09. The van der Waals surface area contributed by atoms with Crippen molar-refractivity contribution in [3.05, 3.63) is 29.3 Å². The Morgan fingerprint density at radius 3 is 1.95 bits per heavy atom. The maximum Gasteiger partial charge on any atom is 0.500 e. The summed E-state index contributed by atoms with van der Waals surface area (Å²) < 4.78 is 45.0. The summed E-state index contributed by atoms with van der Waals surface area (Å²) in [5, 5.41) is 0. The molecule has 1 saturated heterocycles. The molecular formula is C15H21BF2O3. The van der Waals surface area contributed by atoms with Gasteiger partial charge in [0.1, 0.15) is 11.6 Å². The third-order valence-corrected chi connectivity index (χ3v) is 4.10. The number of ether oxygens (including phenoxy) is 1. The van der Waals surface area contributed by atoms with Gasteiger partial charge in [-0.25, -0.2) is 8.78 Å². The zero-order valence-electron chi connectivity index (χ0n) is 13.1. The molecule has 0 aromatic heterocycles. The van der Waals surface area contributed by atoms with Crippen molar-refractivity contribution >= 4 is 12.6 Å². The Morgan fingerprint density at radius 2 is 1.52 bits per heavy atom. The van der Waals surface area contributed by atoms with Crippen LogP contribution in [0.25, 0.3) is 0 Å². The van der Waals surface area contributed by atoms with Crippen molar-refractivity contribution in [1.82, 2.24) is 0 Å². The molecule has 6 heteroatoms. The lowest BCUT2D eigenvalue weighted by Gasteiger charge is -2.32. The average molecular weight is 298 g/mol. The molecule has 2 rings (SSSR count). The molecule has 0 amide bonds. The number of halogens is 2. The van der Waals surface area contributed by atoms with Crippen molar-refractivity contribution in [3.63, 3.8) is 0 Å². The van der Waals surface area contributed by atoms with Gasteiger partial charge >= 0.3 is 7.12 Å². The molecule has 0 saturated carbocycles. The van der Waals surface area contributed by atoms with Crippen LogP contribution >= 0.6 is 0 Å². The summed E-state index contributed by atoms with van der Waals surface area (Å²) in [5.74, 6) is -1.36. The molecule has 0 spiro atoms. The van der Waals surface area contributed by atoms with E-state index in [1.807, 2.05) is 34.6 Å². The van der Waals surface area contributed by atoms with E-state index in [0.29, 0.717) is 12.2 Å². The molecule has 1 aliphatic rings. The summed E-state index contributed by atoms with van der Waals surface area (Å²) in [7, 11) is -1.05. The first-order chi connectivity index (χ1) is 9.68. The predicted molar refractivity (Wildman–Crippen MR) is 77.4 cm³/mol. The summed E-state index contributed by atoms with van der Waals surface area (Å²) in [6.07, 6.45) is 0. The Kier molecular flexibility index (Phi) is 4.43. The third-order valence-electron chi connectivity index (χ3n) is 4.10. The molecule has 1 fully saturated rings. The highest BCUT2D eigenvalue weighted by atomic mass is 19.1.